The van der Waals surface area contributed by atoms with E-state index in [1.54, 1.807) is 24.3 Å². The number of rotatable bonds is 19. The van der Waals surface area contributed by atoms with Gasteiger partial charge in [-0.05, 0) is 149 Å². The Balaban J connectivity index is 0.733. The van der Waals surface area contributed by atoms with Crippen molar-refractivity contribution in [2.45, 2.75) is 110 Å². The number of nitrogens with one attached hydrogen (secondary N) is 3. The lowest BCUT2D eigenvalue weighted by molar-refractivity contribution is -0.136. The highest BCUT2D eigenvalue weighted by atomic mass is 79.9. The Morgan fingerprint density at radius 1 is 0.839 bits per heavy atom. The number of carbonyl (C=O) groups is 5. The molecule has 1 aliphatic carbocycles. The van der Waals surface area contributed by atoms with E-state index in [9.17, 15) is 54.0 Å². The number of halogens is 5. The monoisotopic (exact) mass is 1330 g/mol. The first-order chi connectivity index (χ1) is 41.3. The first-order valence-electron chi connectivity index (χ1n) is 28.8. The summed E-state index contributed by atoms with van der Waals surface area (Å²) in [5.41, 5.74) is -0.208. The molecule has 17 nitrogen and oxygen atoms in total. The van der Waals surface area contributed by atoms with Crippen LogP contribution in [0.2, 0.25) is 5.02 Å². The molecule has 0 radical (unpaired) electrons. The first-order valence-corrected chi connectivity index (χ1v) is 34.0. The SMILES string of the molecule is CC1(C)CCC(c2ccc(Cl)cc2)=C(CN2CCN(c3ccc(C(=O)NS(=O)(=O)c4ccc(N[C@H](CCN5CC6CC(C5)N6Cc5ccc6c(c5Br)C(=O)N(C5CCC(=O)NC5=O)C6=O)CSc5ccccc5)c(S(=O)(=O)C(F)(F)F)c4)cc3)CC2)C1. The third kappa shape index (κ3) is 13.4. The summed E-state index contributed by atoms with van der Waals surface area (Å²) >= 11 is 11.2. The standard InChI is InChI=1S/C62H65BrClF3N8O9S3/c1-61(2)24-22-49(38-8-13-42(64)14-9-38)41(32-61)33-71-26-28-73(29-27-71)44-15-10-39(11-16-44)57(77)70-87(83,84)48-17-19-51(53(31-48)86(81,82)62(65,66)67)68-43(37-85-47-6-4-3-5-7-47)23-25-72-35-45-30-46(36-72)74(45)34-40-12-18-50-55(56(40)63)60(80)75(59(50)79)52-20-21-54(76)69-58(52)78/h3-19,31,43,45-46,52,68H,20-30,32-37H2,1-2H3,(H,70,77)(H,69,76,78)/t43-,45?,46?,52?/m1/s1. The van der Waals surface area contributed by atoms with Crippen molar-refractivity contribution in [3.63, 3.8) is 0 Å². The Kier molecular flexibility index (Phi) is 18.0. The average Bonchev–Trinajstić information content (AvgIpc) is 1.90. The van der Waals surface area contributed by atoms with E-state index < -0.39 is 82.5 Å². The van der Waals surface area contributed by atoms with Gasteiger partial charge in [-0.3, -0.25) is 44.0 Å². The van der Waals surface area contributed by atoms with Crippen LogP contribution < -0.4 is 20.3 Å². The number of allylic oxidation sites excluding steroid dienone is 1. The van der Waals surface area contributed by atoms with Gasteiger partial charge in [0.1, 0.15) is 10.9 Å². The molecule has 460 valence electrons. The maximum Gasteiger partial charge on any atom is 0.501 e. The number of thioether (sulfide) groups is 1. The lowest BCUT2D eigenvalue weighted by Gasteiger charge is -2.56. The van der Waals surface area contributed by atoms with Crippen molar-refractivity contribution in [1.29, 1.82) is 0 Å². The number of nitrogens with zero attached hydrogens (tertiary/aromatic N) is 5. The molecule has 12 rings (SSSR count). The van der Waals surface area contributed by atoms with Gasteiger partial charge in [-0.15, -0.1) is 11.8 Å². The molecule has 0 saturated carbocycles. The summed E-state index contributed by atoms with van der Waals surface area (Å²) in [5, 5.41) is 5.95. The van der Waals surface area contributed by atoms with E-state index in [-0.39, 0.29) is 52.8 Å². The average molecular weight is 1330 g/mol. The van der Waals surface area contributed by atoms with Crippen molar-refractivity contribution in [3.05, 3.63) is 152 Å². The third-order valence-electron chi connectivity index (χ3n) is 17.5. The minimum Gasteiger partial charge on any atom is -0.380 e. The fraction of sp³-hybridized carbons (Fsp3) is 0.403. The highest BCUT2D eigenvalue weighted by Crippen LogP contribution is 2.44. The summed E-state index contributed by atoms with van der Waals surface area (Å²) in [6.07, 6.45) is 4.35. The second-order valence-corrected chi connectivity index (χ2v) is 29.8. The van der Waals surface area contributed by atoms with Gasteiger partial charge in [-0.2, -0.15) is 13.2 Å². The number of imide groups is 2. The van der Waals surface area contributed by atoms with Crippen molar-refractivity contribution >= 4 is 106 Å². The highest BCUT2D eigenvalue weighted by Gasteiger charge is 2.50. The van der Waals surface area contributed by atoms with E-state index in [2.05, 4.69) is 72.1 Å². The second kappa shape index (κ2) is 25.0. The quantitative estimate of drug-likeness (QED) is 0.0520. The number of hydrogen-bond acceptors (Lipinski definition) is 15. The summed E-state index contributed by atoms with van der Waals surface area (Å²) in [4.78, 5) is 73.9. The largest absolute Gasteiger partial charge is 0.501 e. The molecular formula is C62H65BrClF3N8O9S3. The van der Waals surface area contributed by atoms with Gasteiger partial charge in [-0.25, -0.2) is 21.6 Å². The highest BCUT2D eigenvalue weighted by molar-refractivity contribution is 9.10. The normalized spacial score (nSPS) is 21.6. The van der Waals surface area contributed by atoms with Crippen molar-refractivity contribution in [1.82, 2.24) is 29.6 Å². The lowest BCUT2D eigenvalue weighted by atomic mass is 9.73. The van der Waals surface area contributed by atoms with Gasteiger partial charge < -0.3 is 15.1 Å². The fourth-order valence-corrected chi connectivity index (χ4v) is 16.5. The Labute approximate surface area is 521 Å². The maximum absolute atomic E-state index is 14.6. The van der Waals surface area contributed by atoms with Crippen LogP contribution in [0.15, 0.2) is 134 Å². The molecule has 5 aromatic carbocycles. The van der Waals surface area contributed by atoms with E-state index in [0.29, 0.717) is 61.3 Å². The predicted octanol–water partition coefficient (Wildman–Crippen LogP) is 9.62. The Morgan fingerprint density at radius 3 is 2.22 bits per heavy atom. The zero-order valence-corrected chi connectivity index (χ0v) is 52.5. The van der Waals surface area contributed by atoms with Gasteiger partial charge in [0.25, 0.3) is 37.6 Å². The number of anilines is 2. The van der Waals surface area contributed by atoms with Crippen LogP contribution in [0.3, 0.4) is 0 Å². The van der Waals surface area contributed by atoms with E-state index in [4.69, 9.17) is 11.6 Å². The van der Waals surface area contributed by atoms with Crippen molar-refractivity contribution in [2.24, 2.45) is 5.41 Å². The van der Waals surface area contributed by atoms with E-state index in [1.165, 1.54) is 40.6 Å². The minimum atomic E-state index is -6.17. The Morgan fingerprint density at radius 2 is 1.54 bits per heavy atom. The maximum atomic E-state index is 14.6. The van der Waals surface area contributed by atoms with Crippen LogP contribution in [0, 0.1) is 5.41 Å². The molecule has 87 heavy (non-hydrogen) atoms. The number of amides is 5. The molecule has 5 saturated heterocycles. The Hall–Kier alpha value is -6.12. The molecule has 2 bridgehead atoms. The topological polar surface area (TPSA) is 206 Å². The molecule has 5 aromatic rings. The summed E-state index contributed by atoms with van der Waals surface area (Å²) in [6, 6.07) is 27.8. The number of carbonyl (C=O) groups excluding carboxylic acids is 5. The van der Waals surface area contributed by atoms with Crippen LogP contribution in [0.5, 0.6) is 0 Å². The van der Waals surface area contributed by atoms with Crippen molar-refractivity contribution in [2.75, 3.05) is 68.3 Å². The van der Waals surface area contributed by atoms with Gasteiger partial charge in [0, 0.05) is 115 Å². The van der Waals surface area contributed by atoms with E-state index in [1.807, 2.05) is 47.2 Å². The van der Waals surface area contributed by atoms with Gasteiger partial charge in [0.15, 0.2) is 0 Å². The predicted molar refractivity (Wildman–Crippen MR) is 330 cm³/mol. The zero-order chi connectivity index (χ0) is 61.7. The van der Waals surface area contributed by atoms with E-state index in [0.717, 1.165) is 78.5 Å². The number of hydrogen-bond donors (Lipinski definition) is 3. The molecule has 5 amide bonds. The van der Waals surface area contributed by atoms with Crippen molar-refractivity contribution in [3.8, 4) is 0 Å². The number of piperidine rings is 2. The molecule has 3 N–H and O–H groups in total. The molecular weight excluding hydrogens is 1270 g/mol. The molecule has 3 unspecified atom stereocenters. The van der Waals surface area contributed by atoms with Crippen molar-refractivity contribution < 1.29 is 54.0 Å². The minimum absolute atomic E-state index is 0.00158. The second-order valence-electron chi connectivity index (χ2n) is 23.9. The summed E-state index contributed by atoms with van der Waals surface area (Å²) < 4.78 is 101. The zero-order valence-electron chi connectivity index (χ0n) is 47.7. The van der Waals surface area contributed by atoms with Gasteiger partial charge in [0.05, 0.1) is 21.7 Å². The number of alkyl halides is 3. The van der Waals surface area contributed by atoms with Crippen LogP contribution in [0.1, 0.15) is 101 Å². The number of benzene rings is 5. The van der Waals surface area contributed by atoms with Crippen LogP contribution in [-0.2, 0) is 36.0 Å². The number of piperazine rings is 2. The van der Waals surface area contributed by atoms with Crippen LogP contribution >= 0.6 is 39.3 Å². The molecule has 5 fully saturated rings. The van der Waals surface area contributed by atoms with Gasteiger partial charge in [-0.1, -0.05) is 67.4 Å². The van der Waals surface area contributed by atoms with Crippen LogP contribution in [0.25, 0.3) is 5.57 Å². The molecule has 7 aliphatic rings. The van der Waals surface area contributed by atoms with Crippen LogP contribution in [-0.4, -0.2) is 154 Å². The fourth-order valence-electron chi connectivity index (χ4n) is 12.8. The van der Waals surface area contributed by atoms with Gasteiger partial charge >= 0.3 is 5.51 Å². The molecule has 6 aliphatic heterocycles. The number of sulfonamides is 1. The Bertz CT molecular complexity index is 3790. The number of sulfone groups is 1. The summed E-state index contributed by atoms with van der Waals surface area (Å²) in [7, 11) is -11.1. The number of fused-ring (bicyclic) bond motifs is 3. The molecule has 25 heteroatoms. The smallest absolute Gasteiger partial charge is 0.380 e. The summed E-state index contributed by atoms with van der Waals surface area (Å²) in [5.74, 6) is -3.17. The van der Waals surface area contributed by atoms with Gasteiger partial charge in [0.2, 0.25) is 11.8 Å². The first kappa shape index (κ1) is 62.5. The molecule has 0 aromatic heterocycles. The van der Waals surface area contributed by atoms with E-state index >= 15 is 0 Å². The summed E-state index contributed by atoms with van der Waals surface area (Å²) in [6.45, 7) is 10.6. The molecule has 4 atom stereocenters. The lowest BCUT2D eigenvalue weighted by Crippen LogP contribution is -2.68. The molecule has 0 spiro atoms. The van der Waals surface area contributed by atoms with Crippen LogP contribution in [0.4, 0.5) is 24.5 Å². The molecule has 6 heterocycles. The third-order valence-corrected chi connectivity index (χ3v) is 22.7.